The Morgan fingerprint density at radius 2 is 2.00 bits per heavy atom. The summed E-state index contributed by atoms with van der Waals surface area (Å²) in [5, 5.41) is 10.1. The number of rotatable bonds is 1. The molecule has 2 aliphatic heterocycles. The van der Waals surface area contributed by atoms with Crippen LogP contribution in [-0.2, 0) is 14.3 Å². The number of ether oxygens (including phenoxy) is 2. The van der Waals surface area contributed by atoms with E-state index in [1.165, 1.54) is 12.0 Å². The van der Waals surface area contributed by atoms with Crippen molar-refractivity contribution in [2.45, 2.75) is 77.3 Å². The van der Waals surface area contributed by atoms with E-state index < -0.39 is 12.2 Å². The number of hydrogen-bond acceptors (Lipinski definition) is 4. The maximum absolute atomic E-state index is 12.4. The molecule has 1 saturated carbocycles. The predicted octanol–water partition coefficient (Wildman–Crippen LogP) is 3.64. The van der Waals surface area contributed by atoms with E-state index >= 15 is 0 Å². The molecule has 0 aromatic rings. The molecular formula is C22H32O4. The van der Waals surface area contributed by atoms with Crippen molar-refractivity contribution in [1.29, 1.82) is 0 Å². The van der Waals surface area contributed by atoms with Crippen LogP contribution in [0.3, 0.4) is 0 Å². The van der Waals surface area contributed by atoms with Crippen LogP contribution in [0.15, 0.2) is 23.8 Å². The van der Waals surface area contributed by atoms with Crippen LogP contribution in [0.5, 0.6) is 0 Å². The number of carbonyl (C=O) groups excluding carboxylic acids is 1. The summed E-state index contributed by atoms with van der Waals surface area (Å²) in [6.45, 7) is 8.28. The number of esters is 1. The highest BCUT2D eigenvalue weighted by molar-refractivity contribution is 5.69. The van der Waals surface area contributed by atoms with Gasteiger partial charge in [-0.2, -0.15) is 0 Å². The molecule has 2 heterocycles. The van der Waals surface area contributed by atoms with Crippen LogP contribution < -0.4 is 0 Å². The maximum atomic E-state index is 12.4. The lowest BCUT2D eigenvalue weighted by atomic mass is 9.57. The lowest BCUT2D eigenvalue weighted by molar-refractivity contribution is -0.158. The lowest BCUT2D eigenvalue weighted by Crippen LogP contribution is -2.50. The monoisotopic (exact) mass is 360 g/mol. The average molecular weight is 360 g/mol. The SMILES string of the molecule is C/C1=C\[C@@H](C)C([C@@H](C)O)OC(=O)CCC2C=CC3C4[C@H](C)CC[C@@H]3O[C@@]124. The molecule has 1 spiro atoms. The van der Waals surface area contributed by atoms with Crippen molar-refractivity contribution in [1.82, 2.24) is 0 Å². The minimum atomic E-state index is -0.688. The summed E-state index contributed by atoms with van der Waals surface area (Å²) < 4.78 is 12.5. The molecule has 144 valence electrons. The summed E-state index contributed by atoms with van der Waals surface area (Å²) in [4.78, 5) is 12.4. The van der Waals surface area contributed by atoms with E-state index in [1.807, 2.05) is 6.92 Å². The predicted molar refractivity (Wildman–Crippen MR) is 99.3 cm³/mol. The van der Waals surface area contributed by atoms with Gasteiger partial charge in [-0.25, -0.2) is 0 Å². The molecule has 0 aromatic carbocycles. The Balaban J connectivity index is 1.80. The van der Waals surface area contributed by atoms with Gasteiger partial charge in [-0.1, -0.05) is 32.1 Å². The number of cyclic esters (lactones) is 1. The molecule has 4 unspecified atom stereocenters. The molecule has 0 amide bonds. The highest BCUT2D eigenvalue weighted by Crippen LogP contribution is 2.61. The van der Waals surface area contributed by atoms with Gasteiger partial charge in [0.1, 0.15) is 6.10 Å². The fraction of sp³-hybridized carbons (Fsp3) is 0.773. The average Bonchev–Trinajstić information content (AvgIpc) is 2.71. The number of aliphatic hydroxyl groups is 1. The van der Waals surface area contributed by atoms with Crippen LogP contribution >= 0.6 is 0 Å². The van der Waals surface area contributed by atoms with Gasteiger partial charge < -0.3 is 14.6 Å². The smallest absolute Gasteiger partial charge is 0.306 e. The molecule has 26 heavy (non-hydrogen) atoms. The first-order valence-electron chi connectivity index (χ1n) is 10.3. The second-order valence-electron chi connectivity index (χ2n) is 9.04. The maximum Gasteiger partial charge on any atom is 0.306 e. The summed E-state index contributed by atoms with van der Waals surface area (Å²) in [5.41, 5.74) is 0.962. The number of carbonyl (C=O) groups is 1. The minimum absolute atomic E-state index is 0.0456. The summed E-state index contributed by atoms with van der Waals surface area (Å²) in [5.74, 6) is 1.56. The van der Waals surface area contributed by atoms with Gasteiger partial charge >= 0.3 is 5.97 Å². The quantitative estimate of drug-likeness (QED) is 0.573. The molecule has 0 radical (unpaired) electrons. The number of aliphatic hydroxyl groups excluding tert-OH is 1. The molecule has 4 heteroatoms. The number of hydrogen-bond donors (Lipinski definition) is 1. The standard InChI is InChI=1S/C22H32O4/c1-12-5-9-18-17-8-6-16-7-10-19(24)25-21(15(4)23)13(2)11-14(3)22(16,26-18)20(12)17/h6,8,11-13,15-18,20-21,23H,5,7,9-10H2,1-4H3/b14-11+/t12-,13-,15-,16?,17?,18+,20?,21?,22+/m1/s1. The van der Waals surface area contributed by atoms with Crippen LogP contribution in [0.2, 0.25) is 0 Å². The molecule has 4 bridgehead atoms. The second kappa shape index (κ2) is 6.49. The topological polar surface area (TPSA) is 55.8 Å². The summed E-state index contributed by atoms with van der Waals surface area (Å²) in [6.07, 6.45) is 9.45. The van der Waals surface area contributed by atoms with Crippen molar-refractivity contribution in [2.75, 3.05) is 0 Å². The van der Waals surface area contributed by atoms with Gasteiger partial charge in [0.25, 0.3) is 0 Å². The van der Waals surface area contributed by atoms with Crippen LogP contribution in [0.4, 0.5) is 0 Å². The molecule has 4 rings (SSSR count). The molecule has 2 fully saturated rings. The molecule has 2 aliphatic carbocycles. The third kappa shape index (κ3) is 2.60. The Morgan fingerprint density at radius 3 is 2.73 bits per heavy atom. The van der Waals surface area contributed by atoms with E-state index in [9.17, 15) is 9.90 Å². The van der Waals surface area contributed by atoms with E-state index in [0.717, 1.165) is 12.8 Å². The van der Waals surface area contributed by atoms with Crippen LogP contribution in [0, 0.1) is 29.6 Å². The van der Waals surface area contributed by atoms with Gasteiger partial charge in [-0.3, -0.25) is 4.79 Å². The van der Waals surface area contributed by atoms with E-state index in [2.05, 4.69) is 32.1 Å². The third-order valence-electron chi connectivity index (χ3n) is 7.37. The Labute approximate surface area is 156 Å². The van der Waals surface area contributed by atoms with Crippen LogP contribution in [0.25, 0.3) is 0 Å². The fourth-order valence-electron chi connectivity index (χ4n) is 6.28. The van der Waals surface area contributed by atoms with Crippen LogP contribution in [0.1, 0.15) is 53.4 Å². The largest absolute Gasteiger partial charge is 0.459 e. The fourth-order valence-corrected chi connectivity index (χ4v) is 6.28. The van der Waals surface area contributed by atoms with Crippen molar-refractivity contribution in [3.8, 4) is 0 Å². The Hall–Kier alpha value is -1.13. The van der Waals surface area contributed by atoms with Gasteiger partial charge in [-0.05, 0) is 44.6 Å². The Kier molecular flexibility index (Phi) is 4.55. The van der Waals surface area contributed by atoms with Crippen molar-refractivity contribution in [2.24, 2.45) is 29.6 Å². The van der Waals surface area contributed by atoms with Crippen LogP contribution in [-0.4, -0.2) is 35.0 Å². The highest BCUT2D eigenvalue weighted by atomic mass is 16.6. The van der Waals surface area contributed by atoms with Crippen molar-refractivity contribution < 1.29 is 19.4 Å². The summed E-state index contributed by atoms with van der Waals surface area (Å²) in [7, 11) is 0. The van der Waals surface area contributed by atoms with E-state index in [4.69, 9.17) is 9.47 Å². The van der Waals surface area contributed by atoms with E-state index in [0.29, 0.717) is 30.3 Å². The molecule has 9 atom stereocenters. The molecule has 0 aromatic heterocycles. The zero-order valence-electron chi connectivity index (χ0n) is 16.4. The van der Waals surface area contributed by atoms with Gasteiger partial charge in [0.2, 0.25) is 0 Å². The first kappa shape index (κ1) is 18.2. The van der Waals surface area contributed by atoms with Crippen molar-refractivity contribution in [3.63, 3.8) is 0 Å². The van der Waals surface area contributed by atoms with Gasteiger partial charge in [0.15, 0.2) is 0 Å². The van der Waals surface area contributed by atoms with Gasteiger partial charge in [-0.15, -0.1) is 0 Å². The third-order valence-corrected chi connectivity index (χ3v) is 7.37. The zero-order valence-corrected chi connectivity index (χ0v) is 16.4. The minimum Gasteiger partial charge on any atom is -0.459 e. The van der Waals surface area contributed by atoms with Crippen molar-refractivity contribution in [3.05, 3.63) is 23.8 Å². The Bertz CT molecular complexity index is 636. The van der Waals surface area contributed by atoms with Crippen molar-refractivity contribution >= 4 is 5.97 Å². The highest BCUT2D eigenvalue weighted by Gasteiger charge is 2.63. The van der Waals surface area contributed by atoms with E-state index in [1.54, 1.807) is 6.92 Å². The normalized spacial score (nSPS) is 51.0. The molecule has 4 nitrogen and oxygen atoms in total. The molecule has 1 N–H and O–H groups in total. The van der Waals surface area contributed by atoms with Gasteiger partial charge in [0, 0.05) is 30.1 Å². The summed E-state index contributed by atoms with van der Waals surface area (Å²) >= 11 is 0. The first-order chi connectivity index (χ1) is 12.3. The van der Waals surface area contributed by atoms with E-state index in [-0.39, 0.29) is 23.4 Å². The lowest BCUT2D eigenvalue weighted by Gasteiger charge is -2.47. The molecule has 4 aliphatic rings. The second-order valence-corrected chi connectivity index (χ2v) is 9.04. The molecule has 1 saturated heterocycles. The molecular weight excluding hydrogens is 328 g/mol. The first-order valence-corrected chi connectivity index (χ1v) is 10.3. The summed E-state index contributed by atoms with van der Waals surface area (Å²) in [6, 6.07) is 0. The zero-order chi connectivity index (χ0) is 18.6. The van der Waals surface area contributed by atoms with Gasteiger partial charge in [0.05, 0.1) is 17.8 Å². The Morgan fingerprint density at radius 1 is 1.23 bits per heavy atom.